The molecule has 0 saturated carbocycles. The Hall–Kier alpha value is 0.120. The Labute approximate surface area is 134 Å². The summed E-state index contributed by atoms with van der Waals surface area (Å²) in [7, 11) is -3.01. The van der Waals surface area contributed by atoms with Crippen LogP contribution in [0.15, 0.2) is 0 Å². The predicted molar refractivity (Wildman–Crippen MR) is 87.3 cm³/mol. The molecule has 3 saturated heterocycles. The number of nitrogens with zero attached hydrogens (tertiary/aromatic N) is 2. The molecular weight excluding hydrogens is 310 g/mol. The number of hydrogen-bond acceptors (Lipinski definition) is 4. The van der Waals surface area contributed by atoms with Crippen LogP contribution in [0.4, 0.5) is 0 Å². The first kappa shape index (κ1) is 17.5. The molecule has 0 aromatic rings. The minimum Gasteiger partial charge on any atom is -0.316 e. The maximum absolute atomic E-state index is 11.7. The fourth-order valence-corrected chi connectivity index (χ4v) is 5.06. The fourth-order valence-electron chi connectivity index (χ4n) is 4.12. The van der Waals surface area contributed by atoms with E-state index < -0.39 is 10.0 Å². The highest BCUT2D eigenvalue weighted by Crippen LogP contribution is 2.28. The third kappa shape index (κ3) is 4.32. The smallest absolute Gasteiger partial charge is 0.211 e. The lowest BCUT2D eigenvalue weighted by Gasteiger charge is -2.39. The summed E-state index contributed by atoms with van der Waals surface area (Å²) in [6, 6.07) is 0. The lowest BCUT2D eigenvalue weighted by atomic mass is 9.87. The highest BCUT2D eigenvalue weighted by Gasteiger charge is 2.34. The van der Waals surface area contributed by atoms with Crippen LogP contribution in [-0.4, -0.2) is 69.7 Å². The van der Waals surface area contributed by atoms with Crippen molar-refractivity contribution < 1.29 is 8.42 Å². The van der Waals surface area contributed by atoms with Gasteiger partial charge in [0.2, 0.25) is 10.0 Å². The van der Waals surface area contributed by atoms with Crippen molar-refractivity contribution in [1.82, 2.24) is 14.5 Å². The van der Waals surface area contributed by atoms with Crippen LogP contribution in [0.3, 0.4) is 0 Å². The second-order valence-corrected chi connectivity index (χ2v) is 8.84. The van der Waals surface area contributed by atoms with Gasteiger partial charge in [0.1, 0.15) is 0 Å². The summed E-state index contributed by atoms with van der Waals surface area (Å²) in [4.78, 5) is 2.57. The summed E-state index contributed by atoms with van der Waals surface area (Å²) >= 11 is 0. The summed E-state index contributed by atoms with van der Waals surface area (Å²) in [5.41, 5.74) is 0. The van der Waals surface area contributed by atoms with Gasteiger partial charge < -0.3 is 10.2 Å². The van der Waals surface area contributed by atoms with Gasteiger partial charge in [0.25, 0.3) is 0 Å². The Kier molecular flexibility index (Phi) is 5.93. The van der Waals surface area contributed by atoms with Crippen molar-refractivity contribution >= 4 is 22.4 Å². The summed E-state index contributed by atoms with van der Waals surface area (Å²) in [5.74, 6) is 2.22. The number of rotatable bonds is 3. The SMILES string of the molecule is CS(=O)(=O)N1CCCC(CN2CCC3CNCC3C2)C1.Cl. The Balaban J connectivity index is 0.00000161. The van der Waals surface area contributed by atoms with Crippen molar-refractivity contribution in [3.05, 3.63) is 0 Å². The van der Waals surface area contributed by atoms with Gasteiger partial charge in [0, 0.05) is 26.2 Å². The summed E-state index contributed by atoms with van der Waals surface area (Å²) in [6.07, 6.45) is 4.83. The number of likely N-dealkylation sites (tertiary alicyclic amines) is 1. The molecule has 0 spiro atoms. The van der Waals surface area contributed by atoms with Crippen molar-refractivity contribution in [2.45, 2.75) is 19.3 Å². The third-order valence-corrected chi connectivity index (χ3v) is 6.53. The van der Waals surface area contributed by atoms with E-state index in [1.807, 2.05) is 0 Å². The molecule has 21 heavy (non-hydrogen) atoms. The van der Waals surface area contributed by atoms with Crippen molar-refractivity contribution in [2.75, 3.05) is 52.1 Å². The molecule has 3 rings (SSSR count). The molecule has 0 aromatic heterocycles. The molecule has 5 nitrogen and oxygen atoms in total. The molecule has 3 atom stereocenters. The highest BCUT2D eigenvalue weighted by atomic mass is 35.5. The van der Waals surface area contributed by atoms with Crippen molar-refractivity contribution in [2.24, 2.45) is 17.8 Å². The van der Waals surface area contributed by atoms with E-state index in [2.05, 4.69) is 10.2 Å². The van der Waals surface area contributed by atoms with E-state index in [9.17, 15) is 8.42 Å². The molecule has 0 aromatic carbocycles. The van der Waals surface area contributed by atoms with E-state index in [-0.39, 0.29) is 12.4 Å². The zero-order valence-corrected chi connectivity index (χ0v) is 14.5. The second-order valence-electron chi connectivity index (χ2n) is 6.86. The van der Waals surface area contributed by atoms with Gasteiger partial charge in [-0.2, -0.15) is 0 Å². The fraction of sp³-hybridized carbons (Fsp3) is 1.00. The zero-order chi connectivity index (χ0) is 14.2. The first-order valence-electron chi connectivity index (χ1n) is 7.90. The van der Waals surface area contributed by atoms with Gasteiger partial charge in [0.15, 0.2) is 0 Å². The molecule has 3 aliphatic heterocycles. The van der Waals surface area contributed by atoms with Gasteiger partial charge in [-0.05, 0) is 56.7 Å². The average molecular weight is 338 g/mol. The molecule has 0 radical (unpaired) electrons. The quantitative estimate of drug-likeness (QED) is 0.820. The average Bonchev–Trinajstić information content (AvgIpc) is 2.85. The lowest BCUT2D eigenvalue weighted by molar-refractivity contribution is 0.112. The highest BCUT2D eigenvalue weighted by molar-refractivity contribution is 7.88. The standard InChI is InChI=1S/C14H27N3O2S.ClH/c1-20(18,19)17-5-2-3-12(10-17)9-16-6-4-13-7-15-8-14(13)11-16;/h12-15H,2-11H2,1H3;1H. The largest absolute Gasteiger partial charge is 0.316 e. The number of sulfonamides is 1. The van der Waals surface area contributed by atoms with Crippen LogP contribution in [0.2, 0.25) is 0 Å². The molecule has 3 fully saturated rings. The summed E-state index contributed by atoms with van der Waals surface area (Å²) in [6.45, 7) is 7.28. The molecule has 1 N–H and O–H groups in total. The molecule has 3 aliphatic rings. The number of nitrogens with one attached hydrogen (secondary N) is 1. The van der Waals surface area contributed by atoms with Crippen molar-refractivity contribution in [3.8, 4) is 0 Å². The van der Waals surface area contributed by atoms with Gasteiger partial charge in [-0.3, -0.25) is 0 Å². The van der Waals surface area contributed by atoms with E-state index in [4.69, 9.17) is 0 Å². The molecule has 124 valence electrons. The zero-order valence-electron chi connectivity index (χ0n) is 12.8. The maximum atomic E-state index is 11.7. The van der Waals surface area contributed by atoms with Crippen LogP contribution in [0.5, 0.6) is 0 Å². The van der Waals surface area contributed by atoms with E-state index >= 15 is 0 Å². The molecule has 3 heterocycles. The van der Waals surface area contributed by atoms with E-state index in [1.165, 1.54) is 45.3 Å². The molecule has 0 amide bonds. The molecule has 3 unspecified atom stereocenters. The van der Waals surface area contributed by atoms with Crippen LogP contribution in [0.25, 0.3) is 0 Å². The molecule has 7 heteroatoms. The predicted octanol–water partition coefficient (Wildman–Crippen LogP) is 0.621. The Morgan fingerprint density at radius 1 is 1.10 bits per heavy atom. The molecule has 0 aliphatic carbocycles. The minimum absolute atomic E-state index is 0. The Morgan fingerprint density at radius 2 is 1.86 bits per heavy atom. The van der Waals surface area contributed by atoms with Crippen LogP contribution < -0.4 is 5.32 Å². The summed E-state index contributed by atoms with van der Waals surface area (Å²) in [5, 5.41) is 3.50. The topological polar surface area (TPSA) is 52.7 Å². The number of fused-ring (bicyclic) bond motifs is 1. The van der Waals surface area contributed by atoms with Gasteiger partial charge in [-0.25, -0.2) is 12.7 Å². The lowest BCUT2D eigenvalue weighted by Crippen LogP contribution is -2.46. The van der Waals surface area contributed by atoms with Gasteiger partial charge in [-0.1, -0.05) is 0 Å². The Bertz CT molecular complexity index is 446. The van der Waals surface area contributed by atoms with Gasteiger partial charge in [0.05, 0.1) is 6.26 Å². The van der Waals surface area contributed by atoms with Crippen LogP contribution in [0.1, 0.15) is 19.3 Å². The third-order valence-electron chi connectivity index (χ3n) is 5.26. The first-order valence-corrected chi connectivity index (χ1v) is 9.75. The van der Waals surface area contributed by atoms with E-state index in [0.29, 0.717) is 12.5 Å². The van der Waals surface area contributed by atoms with E-state index in [0.717, 1.165) is 31.3 Å². The summed E-state index contributed by atoms with van der Waals surface area (Å²) < 4.78 is 25.0. The normalized spacial score (nSPS) is 35.2. The van der Waals surface area contributed by atoms with Crippen LogP contribution in [0, 0.1) is 17.8 Å². The van der Waals surface area contributed by atoms with Crippen LogP contribution in [-0.2, 0) is 10.0 Å². The second kappa shape index (κ2) is 7.13. The Morgan fingerprint density at radius 3 is 2.62 bits per heavy atom. The minimum atomic E-state index is -3.01. The van der Waals surface area contributed by atoms with Crippen LogP contribution >= 0.6 is 12.4 Å². The number of hydrogen-bond donors (Lipinski definition) is 1. The van der Waals surface area contributed by atoms with Gasteiger partial charge >= 0.3 is 0 Å². The van der Waals surface area contributed by atoms with Crippen molar-refractivity contribution in [3.63, 3.8) is 0 Å². The molecule has 0 bridgehead atoms. The number of halogens is 1. The number of piperidine rings is 2. The van der Waals surface area contributed by atoms with Gasteiger partial charge in [-0.15, -0.1) is 12.4 Å². The van der Waals surface area contributed by atoms with Crippen molar-refractivity contribution in [1.29, 1.82) is 0 Å². The maximum Gasteiger partial charge on any atom is 0.211 e. The monoisotopic (exact) mass is 337 g/mol. The molecular formula is C14H28ClN3O2S. The van der Waals surface area contributed by atoms with E-state index in [1.54, 1.807) is 4.31 Å². The first-order chi connectivity index (χ1) is 9.52.